The van der Waals surface area contributed by atoms with Gasteiger partial charge >= 0.3 is 12.3 Å². The molecule has 2 aromatic carbocycles. The number of hydrogen-bond acceptors (Lipinski definition) is 3. The third-order valence-electron chi connectivity index (χ3n) is 6.78. The summed E-state index contributed by atoms with van der Waals surface area (Å²) in [6.45, 7) is 2.16. The zero-order valence-corrected chi connectivity index (χ0v) is 19.4. The van der Waals surface area contributed by atoms with Crippen LogP contribution in [0.15, 0.2) is 36.1 Å². The number of alkyl halides is 3. The first-order chi connectivity index (χ1) is 16.6. The predicted molar refractivity (Wildman–Crippen MR) is 121 cm³/mol. The van der Waals surface area contributed by atoms with Crippen molar-refractivity contribution in [1.82, 2.24) is 0 Å². The molecule has 0 saturated heterocycles. The van der Waals surface area contributed by atoms with Crippen molar-refractivity contribution >= 4 is 12.0 Å². The topological polar surface area (TPSA) is 35.5 Å². The molecule has 1 fully saturated rings. The number of ether oxygens (including phenoxy) is 2. The van der Waals surface area contributed by atoms with Crippen LogP contribution in [0.25, 0.3) is 17.2 Å². The van der Waals surface area contributed by atoms with Gasteiger partial charge < -0.3 is 9.47 Å². The lowest BCUT2D eigenvalue weighted by Gasteiger charge is -2.27. The number of benzene rings is 2. The van der Waals surface area contributed by atoms with E-state index in [0.717, 1.165) is 50.3 Å². The molecular weight excluding hydrogens is 467 g/mol. The Morgan fingerprint density at radius 3 is 2.34 bits per heavy atom. The first kappa shape index (κ1) is 25.2. The number of halogens is 5. The van der Waals surface area contributed by atoms with Crippen LogP contribution in [-0.4, -0.2) is 12.3 Å². The third-order valence-corrected chi connectivity index (χ3v) is 6.78. The van der Waals surface area contributed by atoms with E-state index < -0.39 is 23.7 Å². The number of rotatable bonds is 6. The Labute approximate surface area is 200 Å². The molecule has 0 N–H and O–H groups in total. The van der Waals surface area contributed by atoms with Crippen molar-refractivity contribution in [2.45, 2.75) is 64.7 Å². The van der Waals surface area contributed by atoms with Gasteiger partial charge in [0.05, 0.1) is 11.5 Å². The fourth-order valence-electron chi connectivity index (χ4n) is 5.03. The monoisotopic (exact) mass is 494 g/mol. The van der Waals surface area contributed by atoms with E-state index in [2.05, 4.69) is 11.7 Å². The predicted octanol–water partition coefficient (Wildman–Crippen LogP) is 7.97. The number of hydrogen-bond donors (Lipinski definition) is 0. The maximum Gasteiger partial charge on any atom is 0.573 e. The van der Waals surface area contributed by atoms with E-state index in [9.17, 15) is 22.4 Å². The maximum absolute atomic E-state index is 15.3. The fourth-order valence-corrected chi connectivity index (χ4v) is 5.03. The van der Waals surface area contributed by atoms with Crippen LogP contribution in [0, 0.1) is 23.5 Å². The minimum absolute atomic E-state index is 0.0946. The molecule has 1 saturated carbocycles. The first-order valence-electron chi connectivity index (χ1n) is 11.9. The molecule has 4 rings (SSSR count). The van der Waals surface area contributed by atoms with Gasteiger partial charge in [0.15, 0.2) is 0 Å². The largest absolute Gasteiger partial charge is 0.573 e. The number of carbonyl (C=O) groups excluding carboxylic acids is 1. The molecule has 0 aliphatic heterocycles. The average Bonchev–Trinajstić information content (AvgIpc) is 2.79. The molecule has 0 aromatic heterocycles. The first-order valence-corrected chi connectivity index (χ1v) is 11.9. The lowest BCUT2D eigenvalue weighted by atomic mass is 9.80. The van der Waals surface area contributed by atoms with Crippen LogP contribution in [0.1, 0.15) is 63.0 Å². The van der Waals surface area contributed by atoms with E-state index in [-0.39, 0.29) is 35.0 Å². The van der Waals surface area contributed by atoms with Gasteiger partial charge in [0.25, 0.3) is 0 Å². The fraction of sp³-hybridized carbons (Fsp3) is 0.444. The molecule has 188 valence electrons. The van der Waals surface area contributed by atoms with E-state index >= 15 is 4.39 Å². The van der Waals surface area contributed by atoms with Gasteiger partial charge in [0, 0.05) is 6.42 Å². The van der Waals surface area contributed by atoms with Crippen LogP contribution in [0.2, 0.25) is 0 Å². The maximum atomic E-state index is 15.3. The van der Waals surface area contributed by atoms with Crippen molar-refractivity contribution < 1.29 is 36.2 Å². The lowest BCUT2D eigenvalue weighted by molar-refractivity contribution is -0.274. The Balaban J connectivity index is 1.48. The van der Waals surface area contributed by atoms with Crippen molar-refractivity contribution in [2.24, 2.45) is 11.8 Å². The van der Waals surface area contributed by atoms with Gasteiger partial charge in [-0.2, -0.15) is 0 Å². The second kappa shape index (κ2) is 10.4. The summed E-state index contributed by atoms with van der Waals surface area (Å²) in [6, 6.07) is 5.53. The molecule has 0 atom stereocenters. The van der Waals surface area contributed by atoms with Gasteiger partial charge in [-0.3, -0.25) is 4.79 Å². The molecule has 0 radical (unpaired) electrons. The van der Waals surface area contributed by atoms with Gasteiger partial charge in [-0.15, -0.1) is 13.2 Å². The van der Waals surface area contributed by atoms with Gasteiger partial charge in [-0.05, 0) is 79.0 Å². The van der Waals surface area contributed by atoms with E-state index in [1.54, 1.807) is 0 Å². The molecule has 2 aliphatic carbocycles. The van der Waals surface area contributed by atoms with Crippen molar-refractivity contribution in [1.29, 1.82) is 0 Å². The quantitative estimate of drug-likeness (QED) is 0.302. The Hall–Kier alpha value is -2.90. The summed E-state index contributed by atoms with van der Waals surface area (Å²) in [4.78, 5) is 12.6. The Morgan fingerprint density at radius 2 is 1.71 bits per heavy atom. The minimum Gasteiger partial charge on any atom is -0.431 e. The highest BCUT2D eigenvalue weighted by Gasteiger charge is 2.31. The van der Waals surface area contributed by atoms with E-state index in [0.29, 0.717) is 23.7 Å². The van der Waals surface area contributed by atoms with Crippen molar-refractivity contribution in [3.8, 4) is 16.9 Å². The molecule has 8 heteroatoms. The van der Waals surface area contributed by atoms with E-state index in [4.69, 9.17) is 4.74 Å². The van der Waals surface area contributed by atoms with Crippen LogP contribution < -0.4 is 4.74 Å². The summed E-state index contributed by atoms with van der Waals surface area (Å²) in [7, 11) is 0. The lowest BCUT2D eigenvalue weighted by Crippen LogP contribution is -2.24. The number of carbonyl (C=O) groups is 1. The van der Waals surface area contributed by atoms with Gasteiger partial charge in [-0.25, -0.2) is 8.78 Å². The molecular formula is C27H27F5O3. The summed E-state index contributed by atoms with van der Waals surface area (Å²) in [5.74, 6) is -1.49. The molecule has 0 unspecified atom stereocenters. The summed E-state index contributed by atoms with van der Waals surface area (Å²) in [5, 5.41) is 0. The number of esters is 1. The second-order valence-electron chi connectivity index (χ2n) is 9.23. The summed E-state index contributed by atoms with van der Waals surface area (Å²) in [6.07, 6.45) is 3.08. The highest BCUT2D eigenvalue weighted by molar-refractivity contribution is 5.76. The van der Waals surface area contributed by atoms with Crippen molar-refractivity contribution in [2.75, 3.05) is 0 Å². The van der Waals surface area contributed by atoms with Gasteiger partial charge in [0.1, 0.15) is 23.1 Å². The Kier molecular flexibility index (Phi) is 7.47. The molecule has 0 amide bonds. The smallest absolute Gasteiger partial charge is 0.431 e. The molecule has 3 nitrogen and oxygen atoms in total. The zero-order valence-electron chi connectivity index (χ0n) is 19.4. The standard InChI is InChI=1S/C27H27F5O3/c1-2-3-16-4-6-18(7-5-16)26(33)34-21-12-13-22-19(14-21)15-23(28)24(25(22)29)17-8-10-20(11-9-17)35-27(30,31)32/h8-11,14-16,18H,2-7,12-13H2,1H3. The van der Waals surface area contributed by atoms with Crippen molar-refractivity contribution in [3.05, 3.63) is 58.9 Å². The zero-order chi connectivity index (χ0) is 25.2. The van der Waals surface area contributed by atoms with Crippen LogP contribution in [0.5, 0.6) is 5.75 Å². The highest BCUT2D eigenvalue weighted by atomic mass is 19.4. The summed E-state index contributed by atoms with van der Waals surface area (Å²) < 4.78 is 76.7. The van der Waals surface area contributed by atoms with Crippen molar-refractivity contribution in [3.63, 3.8) is 0 Å². The van der Waals surface area contributed by atoms with Gasteiger partial charge in [0.2, 0.25) is 0 Å². The summed E-state index contributed by atoms with van der Waals surface area (Å²) in [5.41, 5.74) is 0.343. The van der Waals surface area contributed by atoms with Crippen LogP contribution in [-0.2, 0) is 16.0 Å². The average molecular weight is 495 g/mol. The number of fused-ring (bicyclic) bond motifs is 1. The van der Waals surface area contributed by atoms with Crippen LogP contribution in [0.4, 0.5) is 22.0 Å². The Morgan fingerprint density at radius 1 is 1.03 bits per heavy atom. The molecule has 0 heterocycles. The Bertz CT molecular complexity index is 1100. The normalized spacial score (nSPS) is 20.1. The SMILES string of the molecule is CCCC1CCC(C(=O)OC2=Cc3cc(F)c(-c4ccc(OC(F)(F)F)cc4)c(F)c3CC2)CC1. The second-order valence-corrected chi connectivity index (χ2v) is 9.23. The van der Waals surface area contributed by atoms with Crippen LogP contribution in [0.3, 0.4) is 0 Å². The van der Waals surface area contributed by atoms with Crippen LogP contribution >= 0.6 is 0 Å². The third kappa shape index (κ3) is 6.03. The van der Waals surface area contributed by atoms with E-state index in [1.165, 1.54) is 24.6 Å². The molecule has 2 aliphatic rings. The number of allylic oxidation sites excluding steroid dienone is 1. The molecule has 0 spiro atoms. The van der Waals surface area contributed by atoms with E-state index in [1.807, 2.05) is 0 Å². The minimum atomic E-state index is -4.86. The molecule has 2 aromatic rings. The highest BCUT2D eigenvalue weighted by Crippen LogP contribution is 2.37. The van der Waals surface area contributed by atoms with Gasteiger partial charge in [-0.1, -0.05) is 31.9 Å². The molecule has 0 bridgehead atoms. The molecule has 35 heavy (non-hydrogen) atoms. The summed E-state index contributed by atoms with van der Waals surface area (Å²) >= 11 is 0.